The summed E-state index contributed by atoms with van der Waals surface area (Å²) in [5.41, 5.74) is 4.13. The van der Waals surface area contributed by atoms with E-state index in [0.29, 0.717) is 19.4 Å². The molecule has 198 valence electrons. The van der Waals surface area contributed by atoms with E-state index in [0.717, 1.165) is 41.2 Å². The van der Waals surface area contributed by atoms with Crippen LogP contribution in [0.25, 0.3) is 0 Å². The first-order valence-corrected chi connectivity index (χ1v) is 14.7. The lowest BCUT2D eigenvalue weighted by atomic mass is 9.94. The molecular formula is C28H28Cl2N4O3S. The number of carbonyl (C=O) groups excluding carboxylic acids is 1. The largest absolute Gasteiger partial charge is 0.368 e. The second-order valence-corrected chi connectivity index (χ2v) is 12.1. The topological polar surface area (TPSA) is 90.9 Å². The molecule has 0 fully saturated rings. The Balaban J connectivity index is 1.26. The van der Waals surface area contributed by atoms with Crippen molar-refractivity contribution in [2.75, 3.05) is 19.6 Å². The van der Waals surface area contributed by atoms with Crippen molar-refractivity contribution in [3.8, 4) is 0 Å². The third-order valence-corrected chi connectivity index (χ3v) is 9.50. The highest BCUT2D eigenvalue weighted by atomic mass is 35.5. The first-order valence-electron chi connectivity index (χ1n) is 12.5. The first-order chi connectivity index (χ1) is 18.3. The molecule has 0 aromatic heterocycles. The van der Waals surface area contributed by atoms with E-state index < -0.39 is 16.1 Å². The van der Waals surface area contributed by atoms with Crippen molar-refractivity contribution >= 4 is 45.0 Å². The molecule has 7 nitrogen and oxygen atoms in total. The molecule has 3 aromatic rings. The summed E-state index contributed by atoms with van der Waals surface area (Å²) in [5, 5.41) is 6.67. The Bertz CT molecular complexity index is 1480. The van der Waals surface area contributed by atoms with Crippen molar-refractivity contribution in [2.45, 2.75) is 36.7 Å². The van der Waals surface area contributed by atoms with Gasteiger partial charge in [-0.2, -0.15) is 4.31 Å². The number of nitrogens with zero attached hydrogens (tertiary/aromatic N) is 2. The van der Waals surface area contributed by atoms with Crippen molar-refractivity contribution in [3.05, 3.63) is 99.0 Å². The Morgan fingerprint density at radius 1 is 1.03 bits per heavy atom. The highest BCUT2D eigenvalue weighted by Crippen LogP contribution is 2.32. The molecule has 38 heavy (non-hydrogen) atoms. The van der Waals surface area contributed by atoms with Crippen molar-refractivity contribution < 1.29 is 13.2 Å². The molecule has 0 radical (unpaired) electrons. The van der Waals surface area contributed by atoms with E-state index >= 15 is 0 Å². The van der Waals surface area contributed by atoms with Crippen molar-refractivity contribution in [1.29, 1.82) is 0 Å². The fourth-order valence-electron chi connectivity index (χ4n) is 4.84. The van der Waals surface area contributed by atoms with Gasteiger partial charge in [-0.25, -0.2) is 8.42 Å². The predicted molar refractivity (Wildman–Crippen MR) is 150 cm³/mol. The fraction of sp³-hybridized carbons (Fsp3) is 0.286. The van der Waals surface area contributed by atoms with E-state index in [4.69, 9.17) is 23.2 Å². The number of hydrogen-bond acceptors (Lipinski definition) is 5. The molecule has 0 aliphatic carbocycles. The number of fused-ring (bicyclic) bond motifs is 1. The third kappa shape index (κ3) is 5.89. The highest BCUT2D eigenvalue weighted by Gasteiger charge is 2.37. The quantitative estimate of drug-likeness (QED) is 0.424. The van der Waals surface area contributed by atoms with Crippen LogP contribution in [0.15, 0.2) is 76.6 Å². The lowest BCUT2D eigenvalue weighted by Crippen LogP contribution is -2.46. The minimum absolute atomic E-state index is 0.0545. The average molecular weight is 572 g/mol. The fourth-order valence-corrected chi connectivity index (χ4v) is 6.84. The van der Waals surface area contributed by atoms with Gasteiger partial charge >= 0.3 is 0 Å². The molecule has 0 bridgehead atoms. The zero-order valence-corrected chi connectivity index (χ0v) is 23.0. The van der Waals surface area contributed by atoms with Crippen LogP contribution < -0.4 is 10.6 Å². The number of amidine groups is 1. The molecule has 0 saturated heterocycles. The number of aliphatic imine (C=N–C) groups is 1. The van der Waals surface area contributed by atoms with Crippen LogP contribution in [0.1, 0.15) is 28.7 Å². The Labute approximate surface area is 232 Å². The van der Waals surface area contributed by atoms with Gasteiger partial charge in [-0.05, 0) is 47.7 Å². The number of rotatable bonds is 8. The summed E-state index contributed by atoms with van der Waals surface area (Å²) in [4.78, 5) is 17.4. The van der Waals surface area contributed by atoms with Crippen LogP contribution in [0.3, 0.4) is 0 Å². The maximum atomic E-state index is 13.7. The van der Waals surface area contributed by atoms with Crippen LogP contribution in [0.5, 0.6) is 0 Å². The van der Waals surface area contributed by atoms with Gasteiger partial charge in [-0.3, -0.25) is 9.79 Å². The van der Waals surface area contributed by atoms with E-state index in [-0.39, 0.29) is 33.8 Å². The van der Waals surface area contributed by atoms with Gasteiger partial charge in [-0.15, -0.1) is 0 Å². The van der Waals surface area contributed by atoms with Crippen LogP contribution in [-0.2, 0) is 34.2 Å². The molecular weight excluding hydrogens is 543 g/mol. The number of sulfonamides is 1. The summed E-state index contributed by atoms with van der Waals surface area (Å²) in [6, 6.07) is 19.6. The molecule has 0 saturated carbocycles. The lowest BCUT2D eigenvalue weighted by Gasteiger charge is -2.35. The van der Waals surface area contributed by atoms with E-state index in [1.165, 1.54) is 22.5 Å². The zero-order valence-electron chi connectivity index (χ0n) is 20.7. The molecule has 2 N–H and O–H groups in total. The van der Waals surface area contributed by atoms with Gasteiger partial charge in [-0.1, -0.05) is 71.7 Å². The minimum Gasteiger partial charge on any atom is -0.368 e. The van der Waals surface area contributed by atoms with Crippen molar-refractivity contribution in [2.24, 2.45) is 4.99 Å². The second-order valence-electron chi connectivity index (χ2n) is 9.41. The lowest BCUT2D eigenvalue weighted by molar-refractivity contribution is -0.122. The number of halogens is 2. The van der Waals surface area contributed by atoms with Crippen LogP contribution in [0.2, 0.25) is 10.0 Å². The average Bonchev–Trinajstić information content (AvgIpc) is 3.45. The van der Waals surface area contributed by atoms with Gasteiger partial charge in [0, 0.05) is 37.7 Å². The maximum absolute atomic E-state index is 13.7. The van der Waals surface area contributed by atoms with Gasteiger partial charge in [0.2, 0.25) is 15.9 Å². The molecule has 2 aliphatic heterocycles. The highest BCUT2D eigenvalue weighted by molar-refractivity contribution is 7.89. The normalized spacial score (nSPS) is 17.4. The van der Waals surface area contributed by atoms with Gasteiger partial charge in [0.15, 0.2) is 0 Å². The first kappa shape index (κ1) is 26.7. The number of hydrogen-bond donors (Lipinski definition) is 2. The van der Waals surface area contributed by atoms with E-state index in [9.17, 15) is 13.2 Å². The summed E-state index contributed by atoms with van der Waals surface area (Å²) in [5.74, 6) is 0.726. The van der Waals surface area contributed by atoms with Crippen LogP contribution in [0.4, 0.5) is 0 Å². The van der Waals surface area contributed by atoms with Gasteiger partial charge in [0.25, 0.3) is 0 Å². The smallest absolute Gasteiger partial charge is 0.243 e. The second kappa shape index (κ2) is 11.5. The summed E-state index contributed by atoms with van der Waals surface area (Å²) in [6.07, 6.45) is 1.17. The van der Waals surface area contributed by atoms with Crippen molar-refractivity contribution in [3.63, 3.8) is 0 Å². The van der Waals surface area contributed by atoms with Gasteiger partial charge in [0.1, 0.15) is 5.84 Å². The van der Waals surface area contributed by atoms with Gasteiger partial charge < -0.3 is 10.6 Å². The Hall–Kier alpha value is -2.91. The van der Waals surface area contributed by atoms with E-state index in [2.05, 4.69) is 15.6 Å². The molecule has 1 amide bonds. The van der Waals surface area contributed by atoms with Crippen molar-refractivity contribution in [1.82, 2.24) is 14.9 Å². The summed E-state index contributed by atoms with van der Waals surface area (Å²) in [7, 11) is -3.92. The molecule has 3 aromatic carbocycles. The van der Waals surface area contributed by atoms with Crippen LogP contribution in [0, 0.1) is 0 Å². The number of amides is 1. The Morgan fingerprint density at radius 2 is 1.79 bits per heavy atom. The molecule has 10 heteroatoms. The Kier molecular flexibility index (Phi) is 8.04. The number of nitrogens with one attached hydrogen (secondary N) is 2. The Morgan fingerprint density at radius 3 is 2.50 bits per heavy atom. The van der Waals surface area contributed by atoms with Gasteiger partial charge in [0.05, 0.1) is 21.5 Å². The summed E-state index contributed by atoms with van der Waals surface area (Å²) < 4.78 is 28.7. The molecule has 2 heterocycles. The van der Waals surface area contributed by atoms with E-state index in [1.54, 1.807) is 0 Å². The van der Waals surface area contributed by atoms with Crippen LogP contribution in [-0.4, -0.2) is 50.1 Å². The standard InChI is InChI=1S/C28H28Cl2N4O3S/c29-25-10-9-24(17-26(25)30)38(36,37)34-18-22-4-2-1-3-21(22)15-23(34)16-27(35)31-12-11-19-5-7-20(8-6-19)28-32-13-14-33-28/h1-10,17,23H,11-16,18H2,(H,31,35)(H,32,33). The summed E-state index contributed by atoms with van der Waals surface area (Å²) in [6.45, 7) is 2.30. The molecule has 0 spiro atoms. The number of carbonyl (C=O) groups is 1. The third-order valence-electron chi connectivity index (χ3n) is 6.86. The zero-order chi connectivity index (χ0) is 26.7. The maximum Gasteiger partial charge on any atom is 0.243 e. The minimum atomic E-state index is -3.92. The molecule has 1 atom stereocenters. The molecule has 5 rings (SSSR count). The molecule has 2 aliphatic rings. The SMILES string of the molecule is O=C(CC1Cc2ccccc2CN1S(=O)(=O)c1ccc(Cl)c(Cl)c1)NCCc1ccc(C2=NCCN2)cc1. The number of benzene rings is 3. The van der Waals surface area contributed by atoms with E-state index in [1.807, 2.05) is 48.5 Å². The summed E-state index contributed by atoms with van der Waals surface area (Å²) >= 11 is 12.1. The molecule has 1 unspecified atom stereocenters. The van der Waals surface area contributed by atoms with Crippen LogP contribution >= 0.6 is 23.2 Å². The predicted octanol–water partition coefficient (Wildman–Crippen LogP) is 4.21. The monoisotopic (exact) mass is 570 g/mol.